The normalized spacial score (nSPS) is 26.1. The first-order valence-corrected chi connectivity index (χ1v) is 7.94. The molecular weight excluding hydrogens is 267 g/mol. The van der Waals surface area contributed by atoms with Gasteiger partial charge in [0.15, 0.2) is 0 Å². The molecule has 0 bridgehead atoms. The molecule has 2 saturated heterocycles. The van der Waals surface area contributed by atoms with Gasteiger partial charge in [-0.15, -0.1) is 0 Å². The zero-order valence-corrected chi connectivity index (χ0v) is 12.6. The summed E-state index contributed by atoms with van der Waals surface area (Å²) >= 11 is 0. The summed E-state index contributed by atoms with van der Waals surface area (Å²) in [7, 11) is 0. The maximum atomic E-state index is 13.2. The first-order chi connectivity index (χ1) is 10.1. The fourth-order valence-corrected chi connectivity index (χ4v) is 3.67. The van der Waals surface area contributed by atoms with Crippen molar-refractivity contribution in [1.82, 2.24) is 10.2 Å². The minimum atomic E-state index is -0.282. The summed E-state index contributed by atoms with van der Waals surface area (Å²) < 4.78 is 13.2. The molecule has 3 rings (SSSR count). The summed E-state index contributed by atoms with van der Waals surface area (Å²) in [5.74, 6) is 0.330. The Morgan fingerprint density at radius 3 is 2.90 bits per heavy atom. The highest BCUT2D eigenvalue weighted by Gasteiger charge is 2.31. The molecule has 3 nitrogen and oxygen atoms in total. The number of hydrogen-bond acceptors (Lipinski definition) is 2. The van der Waals surface area contributed by atoms with Crippen molar-refractivity contribution in [1.29, 1.82) is 0 Å². The molecule has 1 aromatic rings. The molecule has 0 aliphatic carbocycles. The number of nitrogens with zero attached hydrogens (tertiary/aromatic N) is 1. The molecule has 1 amide bonds. The summed E-state index contributed by atoms with van der Waals surface area (Å²) in [6, 6.07) is 4.99. The van der Waals surface area contributed by atoms with E-state index in [0.29, 0.717) is 17.5 Å². The first kappa shape index (κ1) is 14.5. The number of aryl methyl sites for hydroxylation is 1. The van der Waals surface area contributed by atoms with Crippen molar-refractivity contribution in [3.05, 3.63) is 35.1 Å². The predicted octanol–water partition coefficient (Wildman–Crippen LogP) is 2.74. The number of amides is 1. The van der Waals surface area contributed by atoms with Gasteiger partial charge in [0.1, 0.15) is 5.82 Å². The Kier molecular flexibility index (Phi) is 4.24. The van der Waals surface area contributed by atoms with Crippen LogP contribution in [0.15, 0.2) is 18.2 Å². The molecule has 1 aromatic carbocycles. The van der Waals surface area contributed by atoms with Crippen molar-refractivity contribution >= 4 is 5.91 Å². The zero-order valence-electron chi connectivity index (χ0n) is 12.6. The van der Waals surface area contributed by atoms with Crippen molar-refractivity contribution in [2.45, 2.75) is 38.6 Å². The van der Waals surface area contributed by atoms with Gasteiger partial charge in [-0.25, -0.2) is 4.39 Å². The maximum Gasteiger partial charge on any atom is 0.254 e. The second-order valence-corrected chi connectivity index (χ2v) is 6.32. The molecule has 1 N–H and O–H groups in total. The Balaban J connectivity index is 1.71. The van der Waals surface area contributed by atoms with E-state index in [-0.39, 0.29) is 11.7 Å². The summed E-state index contributed by atoms with van der Waals surface area (Å²) in [6.45, 7) is 4.55. The molecular formula is C17H23FN2O. The van der Waals surface area contributed by atoms with Gasteiger partial charge in [-0.3, -0.25) is 4.79 Å². The molecule has 0 aromatic heterocycles. The largest absolute Gasteiger partial charge is 0.338 e. The number of likely N-dealkylation sites (tertiary alicyclic amines) is 1. The maximum absolute atomic E-state index is 13.2. The Morgan fingerprint density at radius 1 is 1.33 bits per heavy atom. The second-order valence-electron chi connectivity index (χ2n) is 6.32. The average molecular weight is 290 g/mol. The number of halogens is 1. The molecule has 0 spiro atoms. The number of piperidine rings is 1. The van der Waals surface area contributed by atoms with Crippen molar-refractivity contribution in [2.24, 2.45) is 5.92 Å². The summed E-state index contributed by atoms with van der Waals surface area (Å²) in [5.41, 5.74) is 1.36. The van der Waals surface area contributed by atoms with Gasteiger partial charge < -0.3 is 10.2 Å². The van der Waals surface area contributed by atoms with Crippen LogP contribution >= 0.6 is 0 Å². The van der Waals surface area contributed by atoms with Crippen molar-refractivity contribution in [3.63, 3.8) is 0 Å². The minimum Gasteiger partial charge on any atom is -0.338 e. The topological polar surface area (TPSA) is 32.3 Å². The Labute approximate surface area is 125 Å². The van der Waals surface area contributed by atoms with Gasteiger partial charge >= 0.3 is 0 Å². The molecule has 114 valence electrons. The Hall–Kier alpha value is -1.42. The summed E-state index contributed by atoms with van der Waals surface area (Å²) in [4.78, 5) is 14.6. The van der Waals surface area contributed by atoms with Gasteiger partial charge in [-0.1, -0.05) is 0 Å². The highest BCUT2D eigenvalue weighted by molar-refractivity contribution is 5.95. The quantitative estimate of drug-likeness (QED) is 0.908. The first-order valence-electron chi connectivity index (χ1n) is 7.94. The second kappa shape index (κ2) is 6.14. The van der Waals surface area contributed by atoms with Crippen LogP contribution in [-0.2, 0) is 0 Å². The van der Waals surface area contributed by atoms with Gasteiger partial charge in [0.05, 0.1) is 0 Å². The van der Waals surface area contributed by atoms with Crippen LogP contribution in [0.1, 0.15) is 41.6 Å². The lowest BCUT2D eigenvalue weighted by atomic mass is 9.89. The van der Waals surface area contributed by atoms with Gasteiger partial charge in [-0.2, -0.15) is 0 Å². The molecule has 2 heterocycles. The van der Waals surface area contributed by atoms with Crippen LogP contribution in [0.2, 0.25) is 0 Å². The van der Waals surface area contributed by atoms with Crippen LogP contribution in [0.5, 0.6) is 0 Å². The molecule has 2 aliphatic heterocycles. The van der Waals surface area contributed by atoms with E-state index in [2.05, 4.69) is 5.32 Å². The van der Waals surface area contributed by atoms with E-state index >= 15 is 0 Å². The van der Waals surface area contributed by atoms with E-state index < -0.39 is 0 Å². The number of nitrogens with one attached hydrogen (secondary N) is 1. The van der Waals surface area contributed by atoms with Crippen LogP contribution in [0, 0.1) is 18.7 Å². The summed E-state index contributed by atoms with van der Waals surface area (Å²) in [6.07, 6.45) is 4.73. The van der Waals surface area contributed by atoms with Gasteiger partial charge in [0.25, 0.3) is 5.91 Å². The van der Waals surface area contributed by atoms with Crippen LogP contribution in [0.4, 0.5) is 4.39 Å². The van der Waals surface area contributed by atoms with E-state index in [0.717, 1.165) is 31.6 Å². The fourth-order valence-electron chi connectivity index (χ4n) is 3.67. The molecule has 4 heteroatoms. The molecule has 0 radical (unpaired) electrons. The van der Waals surface area contributed by atoms with Gasteiger partial charge in [0.2, 0.25) is 0 Å². The van der Waals surface area contributed by atoms with Crippen LogP contribution < -0.4 is 5.32 Å². The number of carbonyl (C=O) groups is 1. The average Bonchev–Trinajstić information content (AvgIpc) is 3.01. The molecule has 2 fully saturated rings. The molecule has 2 atom stereocenters. The lowest BCUT2D eigenvalue weighted by Gasteiger charge is -2.36. The van der Waals surface area contributed by atoms with Gasteiger partial charge in [-0.05, 0) is 68.8 Å². The van der Waals surface area contributed by atoms with Gasteiger partial charge in [0, 0.05) is 24.7 Å². The smallest absolute Gasteiger partial charge is 0.254 e. The van der Waals surface area contributed by atoms with E-state index in [9.17, 15) is 9.18 Å². The Bertz CT molecular complexity index is 526. The lowest BCUT2D eigenvalue weighted by Crippen LogP contribution is -2.46. The highest BCUT2D eigenvalue weighted by atomic mass is 19.1. The van der Waals surface area contributed by atoms with Crippen LogP contribution in [0.25, 0.3) is 0 Å². The predicted molar refractivity (Wildman–Crippen MR) is 80.8 cm³/mol. The minimum absolute atomic E-state index is 0.0511. The van der Waals surface area contributed by atoms with E-state index in [1.165, 1.54) is 31.4 Å². The number of hydrogen-bond donors (Lipinski definition) is 1. The standard InChI is InChI=1S/C17H23FN2O/c1-12-10-14(18)6-7-15(12)17(21)20-9-3-4-13(11-20)16-5-2-8-19-16/h6-7,10,13,16,19H,2-5,8-9,11H2,1H3. The van der Waals surface area contributed by atoms with Crippen LogP contribution in [0.3, 0.4) is 0 Å². The number of carbonyl (C=O) groups excluding carboxylic acids is 1. The lowest BCUT2D eigenvalue weighted by molar-refractivity contribution is 0.0650. The third kappa shape index (κ3) is 3.10. The fraction of sp³-hybridized carbons (Fsp3) is 0.588. The third-order valence-corrected chi connectivity index (χ3v) is 4.83. The van der Waals surface area contributed by atoms with Crippen molar-refractivity contribution < 1.29 is 9.18 Å². The van der Waals surface area contributed by atoms with Crippen molar-refractivity contribution in [2.75, 3.05) is 19.6 Å². The van der Waals surface area contributed by atoms with E-state index in [1.54, 1.807) is 13.0 Å². The zero-order chi connectivity index (χ0) is 14.8. The van der Waals surface area contributed by atoms with E-state index in [4.69, 9.17) is 0 Å². The molecule has 0 saturated carbocycles. The van der Waals surface area contributed by atoms with E-state index in [1.807, 2.05) is 4.90 Å². The third-order valence-electron chi connectivity index (χ3n) is 4.83. The summed E-state index contributed by atoms with van der Waals surface area (Å²) in [5, 5.41) is 3.56. The molecule has 2 aliphatic rings. The highest BCUT2D eigenvalue weighted by Crippen LogP contribution is 2.26. The SMILES string of the molecule is Cc1cc(F)ccc1C(=O)N1CCCC(C2CCCN2)C1. The monoisotopic (exact) mass is 290 g/mol. The Morgan fingerprint density at radius 2 is 2.19 bits per heavy atom. The number of benzene rings is 1. The number of rotatable bonds is 2. The van der Waals surface area contributed by atoms with Crippen molar-refractivity contribution in [3.8, 4) is 0 Å². The van der Waals surface area contributed by atoms with Crippen LogP contribution in [-0.4, -0.2) is 36.5 Å². The molecule has 21 heavy (non-hydrogen) atoms. The molecule has 2 unspecified atom stereocenters.